The molecular formula is C134H89N7Si3. The van der Waals surface area contributed by atoms with Gasteiger partial charge in [-0.15, -0.1) is 0 Å². The molecular weight excluding hydrogens is 1790 g/mol. The number of rotatable bonds is 12. The van der Waals surface area contributed by atoms with Gasteiger partial charge in [0.15, 0.2) is 24.2 Å². The molecule has 10 heterocycles. The lowest BCUT2D eigenvalue weighted by molar-refractivity contribution is 1.18. The molecule has 0 bridgehead atoms. The fourth-order valence-corrected chi connectivity index (χ4v) is 40.8. The Balaban J connectivity index is 0.000000105. The van der Waals surface area contributed by atoms with Crippen molar-refractivity contribution in [1.29, 1.82) is 0 Å². The van der Waals surface area contributed by atoms with E-state index in [9.17, 15) is 0 Å². The Morgan fingerprint density at radius 1 is 0.153 bits per heavy atom. The second-order valence-corrected chi connectivity index (χ2v) is 49.0. The molecule has 0 saturated heterocycles. The van der Waals surface area contributed by atoms with Gasteiger partial charge in [0.2, 0.25) is 0 Å². The second-order valence-electron chi connectivity index (χ2n) is 38.0. The minimum absolute atomic E-state index is 0.936. The summed E-state index contributed by atoms with van der Waals surface area (Å²) in [4.78, 5) is 21.6. The summed E-state index contributed by atoms with van der Waals surface area (Å²) < 4.78 is 7.30. The van der Waals surface area contributed by atoms with E-state index in [1.165, 1.54) is 189 Å². The van der Waals surface area contributed by atoms with E-state index in [0.29, 0.717) is 0 Å². The summed E-state index contributed by atoms with van der Waals surface area (Å²) in [5.74, 6) is 0. The van der Waals surface area contributed by atoms with Gasteiger partial charge in [0.1, 0.15) is 5.52 Å². The van der Waals surface area contributed by atoms with E-state index in [4.69, 9.17) is 19.9 Å². The Labute approximate surface area is 836 Å². The zero-order valence-corrected chi connectivity index (χ0v) is 81.5. The first-order valence-electron chi connectivity index (χ1n) is 49.5. The average Bonchev–Trinajstić information content (AvgIpc) is 1.52. The Morgan fingerprint density at radius 3 is 0.799 bits per heavy atom. The van der Waals surface area contributed by atoms with Gasteiger partial charge in [-0.25, -0.2) is 0 Å². The van der Waals surface area contributed by atoms with Crippen LogP contribution in [0.15, 0.2) is 540 Å². The van der Waals surface area contributed by atoms with Gasteiger partial charge in [0, 0.05) is 90.5 Å². The van der Waals surface area contributed by atoms with E-state index in [2.05, 4.69) is 554 Å². The fourth-order valence-electron chi connectivity index (χ4n) is 24.9. The maximum atomic E-state index is 5.45. The van der Waals surface area contributed by atoms with Gasteiger partial charge in [-0.2, -0.15) is 0 Å². The Hall–Kier alpha value is -18.2. The van der Waals surface area contributed by atoms with Crippen LogP contribution in [0.1, 0.15) is 0 Å². The van der Waals surface area contributed by atoms with Crippen LogP contribution in [0, 0.1) is 0 Å². The highest BCUT2D eigenvalue weighted by molar-refractivity contribution is 7.24. The summed E-state index contributed by atoms with van der Waals surface area (Å²) in [6.07, 6.45) is 8.48. The number of benzene rings is 20. The van der Waals surface area contributed by atoms with Gasteiger partial charge in [0.05, 0.1) is 49.7 Å². The van der Waals surface area contributed by atoms with Crippen LogP contribution in [-0.4, -0.2) is 57.9 Å². The van der Waals surface area contributed by atoms with E-state index in [1.54, 1.807) is 0 Å². The van der Waals surface area contributed by atoms with Gasteiger partial charge in [-0.3, -0.25) is 19.9 Å². The Kier molecular flexibility index (Phi) is 19.9. The second kappa shape index (κ2) is 34.1. The zero-order chi connectivity index (χ0) is 95.0. The van der Waals surface area contributed by atoms with Crippen molar-refractivity contribution in [3.63, 3.8) is 0 Å². The normalized spacial score (nSPS) is 13.2. The van der Waals surface area contributed by atoms with Gasteiger partial charge in [-0.05, 0) is 178 Å². The molecule has 144 heavy (non-hydrogen) atoms. The van der Waals surface area contributed by atoms with Gasteiger partial charge < -0.3 is 13.7 Å². The minimum atomic E-state index is -2.77. The molecule has 3 aliphatic heterocycles. The van der Waals surface area contributed by atoms with Crippen LogP contribution in [-0.2, 0) is 0 Å². The van der Waals surface area contributed by atoms with E-state index in [0.717, 1.165) is 55.5 Å². The number of hydrogen-bond donors (Lipinski definition) is 0. The van der Waals surface area contributed by atoms with Gasteiger partial charge in [-0.1, -0.05) is 461 Å². The maximum absolute atomic E-state index is 5.45. The molecule has 30 rings (SSSR count). The quantitative estimate of drug-likeness (QED) is 0.114. The molecule has 0 N–H and O–H groups in total. The standard InChI is InChI=1S/2C45H30N2Si.C44H29N3Si/c1-4-15-31(16-5-1)32-17-14-18-33(29-32)47-41-25-12-10-23-36(41)40-30-46-43-39(44(40)47)28-27-38-37-24-11-13-26-42(37)48(45(38)43,34-19-6-2-7-20-34)35-21-8-3-9-22-35;1-4-14-31(15-5-1)32-24-26-33(27-25-32)47-41-22-12-10-20-36(41)40-30-46-43-39(44(40)47)29-28-38-37-21-11-13-23-42(37)48(45(38)43,34-16-6-2-7-17-34)35-18-8-3-9-19-35;1-4-14-30(15-5-1)31-24-26-32(27-25-31)47-39-22-12-10-20-35(39)37-28-46-42-41(43(37)47)45-29-38-36-21-11-13-23-40(36)48(44(38)42,33-16-6-2-7-17-33)34-18-8-3-9-19-34/h2*1-30H;1-29H. The van der Waals surface area contributed by atoms with Crippen LogP contribution in [0.25, 0.3) is 182 Å². The van der Waals surface area contributed by atoms with Crippen LogP contribution >= 0.6 is 0 Å². The minimum Gasteiger partial charge on any atom is -0.309 e. The van der Waals surface area contributed by atoms with Crippen molar-refractivity contribution in [2.45, 2.75) is 0 Å². The van der Waals surface area contributed by atoms with Crippen molar-refractivity contribution in [3.05, 3.63) is 540 Å². The maximum Gasteiger partial charge on any atom is 0.183 e. The smallest absolute Gasteiger partial charge is 0.183 e. The number of fused-ring (bicyclic) bond motifs is 27. The summed E-state index contributed by atoms with van der Waals surface area (Å²) in [5.41, 5.74) is 29.5. The molecule has 0 amide bonds. The molecule has 0 saturated carbocycles. The molecule has 0 unspecified atom stereocenters. The summed E-state index contributed by atoms with van der Waals surface area (Å²) in [5, 5.41) is 26.0. The fraction of sp³-hybridized carbons (Fsp3) is 0. The molecule has 0 spiro atoms. The summed E-state index contributed by atoms with van der Waals surface area (Å²) >= 11 is 0. The highest BCUT2D eigenvalue weighted by Gasteiger charge is 2.54. The molecule has 3 aliphatic rings. The number of nitrogens with zero attached hydrogens (tertiary/aromatic N) is 7. The van der Waals surface area contributed by atoms with Crippen LogP contribution in [0.2, 0.25) is 0 Å². The third-order valence-electron chi connectivity index (χ3n) is 30.8. The first-order valence-corrected chi connectivity index (χ1v) is 55.5. The topological polar surface area (TPSA) is 66.3 Å². The highest BCUT2D eigenvalue weighted by atomic mass is 28.3. The van der Waals surface area contributed by atoms with E-state index < -0.39 is 24.2 Å². The Bertz CT molecular complexity index is 9240. The molecule has 7 nitrogen and oxygen atoms in total. The number of pyridine rings is 4. The lowest BCUT2D eigenvalue weighted by Gasteiger charge is -2.31. The number of para-hydroxylation sites is 3. The summed E-state index contributed by atoms with van der Waals surface area (Å²) in [7, 11) is -8.24. The van der Waals surface area contributed by atoms with Crippen molar-refractivity contribution in [3.8, 4) is 83.8 Å². The van der Waals surface area contributed by atoms with Crippen molar-refractivity contribution in [1.82, 2.24) is 33.6 Å². The van der Waals surface area contributed by atoms with Crippen molar-refractivity contribution < 1.29 is 0 Å². The monoisotopic (exact) mass is 1880 g/mol. The van der Waals surface area contributed by atoms with Crippen molar-refractivity contribution >= 4 is 185 Å². The van der Waals surface area contributed by atoms with Crippen LogP contribution < -0.4 is 62.2 Å². The predicted octanol–water partition coefficient (Wildman–Crippen LogP) is 24.5. The SMILES string of the molecule is c1ccc(-c2ccc(-n3c4ccccc4c4cnc5c6c(ccc5c43)-c3ccccc3[Si]6(c3ccccc3)c3ccccc3)cc2)cc1.c1ccc(-c2ccc(-n3c4ccccc4c4cnc5c6c(cnc5c43)-c3ccccc3[Si]6(c3ccccc3)c3ccccc3)cc2)cc1.c1ccc(-c2cccc(-n3c4ccccc4c4cnc5c6c(ccc5c43)-c3ccccc3[Si]6(c3ccccc3)c3ccccc3)c2)cc1. The first kappa shape index (κ1) is 83.9. The number of aromatic nitrogens is 7. The number of hydrogen-bond acceptors (Lipinski definition) is 4. The molecule has 10 heteroatoms. The largest absolute Gasteiger partial charge is 0.309 e. The average molecular weight is 1880 g/mol. The third kappa shape index (κ3) is 12.7. The molecule has 0 radical (unpaired) electrons. The van der Waals surface area contributed by atoms with E-state index >= 15 is 0 Å². The third-order valence-corrected chi connectivity index (χ3v) is 45.5. The lowest BCUT2D eigenvalue weighted by Crippen LogP contribution is -2.73. The van der Waals surface area contributed by atoms with Gasteiger partial charge >= 0.3 is 0 Å². The van der Waals surface area contributed by atoms with Crippen molar-refractivity contribution in [2.24, 2.45) is 0 Å². The predicted molar refractivity (Wildman–Crippen MR) is 610 cm³/mol. The summed E-state index contributed by atoms with van der Waals surface area (Å²) in [6.45, 7) is 0. The highest BCUT2D eigenvalue weighted by Crippen LogP contribution is 2.45. The first-order chi connectivity index (χ1) is 71.5. The summed E-state index contributed by atoms with van der Waals surface area (Å²) in [6, 6.07) is 188. The molecule has 20 aromatic carbocycles. The molecule has 672 valence electrons. The zero-order valence-electron chi connectivity index (χ0n) is 78.5. The van der Waals surface area contributed by atoms with E-state index in [1.807, 2.05) is 0 Å². The Morgan fingerprint density at radius 2 is 0.424 bits per heavy atom. The molecule has 0 aliphatic carbocycles. The van der Waals surface area contributed by atoms with Crippen LogP contribution in [0.3, 0.4) is 0 Å². The molecule has 0 fully saturated rings. The lowest BCUT2D eigenvalue weighted by atomic mass is 10.0. The van der Waals surface area contributed by atoms with E-state index in [-0.39, 0.29) is 0 Å². The molecule has 0 atom stereocenters. The van der Waals surface area contributed by atoms with Crippen LogP contribution in [0.5, 0.6) is 0 Å². The van der Waals surface area contributed by atoms with Gasteiger partial charge in [0.25, 0.3) is 0 Å². The van der Waals surface area contributed by atoms with Crippen molar-refractivity contribution in [2.75, 3.05) is 0 Å². The molecule has 27 aromatic rings. The molecule has 7 aromatic heterocycles. The van der Waals surface area contributed by atoms with Crippen LogP contribution in [0.4, 0.5) is 0 Å².